The lowest BCUT2D eigenvalue weighted by molar-refractivity contribution is 0.212. The second kappa shape index (κ2) is 7.74. The van der Waals surface area contributed by atoms with Crippen molar-refractivity contribution in [2.45, 2.75) is 50.6 Å². The van der Waals surface area contributed by atoms with E-state index in [1.54, 1.807) is 0 Å². The molecule has 128 valence electrons. The summed E-state index contributed by atoms with van der Waals surface area (Å²) >= 11 is 0. The summed E-state index contributed by atoms with van der Waals surface area (Å²) in [5.41, 5.74) is 0. The van der Waals surface area contributed by atoms with Crippen molar-refractivity contribution >= 4 is 0 Å². The number of hydrogen-bond acceptors (Lipinski definition) is 7. The van der Waals surface area contributed by atoms with Crippen LogP contribution in [0.2, 0.25) is 0 Å². The van der Waals surface area contributed by atoms with E-state index in [4.69, 9.17) is 9.78 Å². The van der Waals surface area contributed by atoms with Crippen LogP contribution in [0.4, 0.5) is 0 Å². The van der Waals surface area contributed by atoms with E-state index >= 15 is 0 Å². The van der Waals surface area contributed by atoms with Gasteiger partial charge in [0, 0.05) is 31.5 Å². The van der Waals surface area contributed by atoms with E-state index in [0.717, 1.165) is 37.8 Å². The zero-order valence-electron chi connectivity index (χ0n) is 14.2. The predicted molar refractivity (Wildman–Crippen MR) is 86.5 cm³/mol. The van der Waals surface area contributed by atoms with Crippen LogP contribution in [0.25, 0.3) is 0 Å². The van der Waals surface area contributed by atoms with Crippen molar-refractivity contribution in [3.8, 4) is 12.1 Å². The van der Waals surface area contributed by atoms with Crippen molar-refractivity contribution in [1.29, 1.82) is 10.5 Å². The molecule has 1 aromatic rings. The molecule has 1 aromatic heterocycles. The monoisotopic (exact) mass is 328 g/mol. The van der Waals surface area contributed by atoms with Gasteiger partial charge in [0.15, 0.2) is 5.82 Å². The summed E-state index contributed by atoms with van der Waals surface area (Å²) in [5, 5.41) is 22.0. The Morgan fingerprint density at radius 1 is 1.38 bits per heavy atom. The number of aromatic nitrogens is 2. The third-order valence-electron chi connectivity index (χ3n) is 4.94. The lowest BCUT2D eigenvalue weighted by atomic mass is 10.1. The molecule has 3 rings (SSSR count). The van der Waals surface area contributed by atoms with Crippen molar-refractivity contribution in [3.05, 3.63) is 11.7 Å². The first kappa shape index (κ1) is 16.9. The quantitative estimate of drug-likeness (QED) is 0.719. The van der Waals surface area contributed by atoms with Crippen LogP contribution >= 0.6 is 0 Å². The summed E-state index contributed by atoms with van der Waals surface area (Å²) in [5.74, 6) is 2.00. The normalized spacial score (nSPS) is 22.4. The van der Waals surface area contributed by atoms with Crippen LogP contribution < -0.4 is 0 Å². The van der Waals surface area contributed by atoms with Gasteiger partial charge in [-0.15, -0.1) is 0 Å². The van der Waals surface area contributed by atoms with Crippen molar-refractivity contribution < 1.29 is 4.52 Å². The Labute approximate surface area is 142 Å². The van der Waals surface area contributed by atoms with Crippen LogP contribution in [0, 0.1) is 28.6 Å². The molecule has 0 unspecified atom stereocenters. The molecule has 0 amide bonds. The molecular weight excluding hydrogens is 304 g/mol. The summed E-state index contributed by atoms with van der Waals surface area (Å²) < 4.78 is 5.32. The first-order chi connectivity index (χ1) is 11.7. The van der Waals surface area contributed by atoms with Gasteiger partial charge in [-0.3, -0.25) is 4.90 Å². The third kappa shape index (κ3) is 4.31. The van der Waals surface area contributed by atoms with Crippen molar-refractivity contribution in [3.63, 3.8) is 0 Å². The fourth-order valence-electron chi connectivity index (χ4n) is 3.26. The maximum absolute atomic E-state index is 9.21. The Hall–Kier alpha value is -1.96. The van der Waals surface area contributed by atoms with Gasteiger partial charge < -0.3 is 9.42 Å². The summed E-state index contributed by atoms with van der Waals surface area (Å²) in [4.78, 5) is 9.10. The molecule has 1 aliphatic heterocycles. The minimum absolute atomic E-state index is 0.0491. The Morgan fingerprint density at radius 2 is 2.21 bits per heavy atom. The molecule has 24 heavy (non-hydrogen) atoms. The molecular formula is C17H24N6O. The second-order valence-corrected chi connectivity index (χ2v) is 6.96. The molecule has 2 aliphatic rings. The molecule has 1 saturated heterocycles. The molecule has 2 heterocycles. The van der Waals surface area contributed by atoms with Gasteiger partial charge in [-0.1, -0.05) is 5.16 Å². The van der Waals surface area contributed by atoms with E-state index < -0.39 is 0 Å². The zero-order valence-corrected chi connectivity index (χ0v) is 14.2. The SMILES string of the molecule is CN(Cc1noc(C2CC2)n1)[C@H]1CCN(C[C@@H](C#N)CCC#N)C1. The van der Waals surface area contributed by atoms with Gasteiger partial charge >= 0.3 is 0 Å². The lowest BCUT2D eigenvalue weighted by Gasteiger charge is -2.24. The van der Waals surface area contributed by atoms with E-state index in [0.29, 0.717) is 31.3 Å². The summed E-state index contributed by atoms with van der Waals surface area (Å²) in [7, 11) is 2.10. The minimum atomic E-state index is -0.0491. The Morgan fingerprint density at radius 3 is 2.92 bits per heavy atom. The maximum atomic E-state index is 9.21. The molecule has 0 aromatic carbocycles. The van der Waals surface area contributed by atoms with Crippen LogP contribution in [-0.4, -0.2) is 52.7 Å². The molecule has 1 aliphatic carbocycles. The number of rotatable bonds is 8. The molecule has 0 radical (unpaired) electrons. The average molecular weight is 328 g/mol. The summed E-state index contributed by atoms with van der Waals surface area (Å²) in [6.45, 7) is 3.41. The fraction of sp³-hybridized carbons (Fsp3) is 0.765. The summed E-state index contributed by atoms with van der Waals surface area (Å²) in [6.07, 6.45) is 4.54. The Balaban J connectivity index is 1.45. The van der Waals surface area contributed by atoms with Gasteiger partial charge in [0.05, 0.1) is 24.6 Å². The third-order valence-corrected chi connectivity index (χ3v) is 4.94. The number of hydrogen-bond donors (Lipinski definition) is 0. The van der Waals surface area contributed by atoms with Gasteiger partial charge in [-0.2, -0.15) is 15.5 Å². The molecule has 1 saturated carbocycles. The summed E-state index contributed by atoms with van der Waals surface area (Å²) in [6, 6.07) is 4.90. The predicted octanol–water partition coefficient (Wildman–Crippen LogP) is 1.90. The topological polar surface area (TPSA) is 93.0 Å². The lowest BCUT2D eigenvalue weighted by Crippen LogP contribution is -2.35. The minimum Gasteiger partial charge on any atom is -0.339 e. The van der Waals surface area contributed by atoms with E-state index in [-0.39, 0.29) is 5.92 Å². The van der Waals surface area contributed by atoms with Gasteiger partial charge in [-0.05, 0) is 39.3 Å². The van der Waals surface area contributed by atoms with E-state index in [1.165, 1.54) is 12.8 Å². The number of likely N-dealkylation sites (N-methyl/N-ethyl adjacent to an activating group) is 1. The van der Waals surface area contributed by atoms with Crippen LogP contribution in [0.5, 0.6) is 0 Å². The molecule has 7 nitrogen and oxygen atoms in total. The van der Waals surface area contributed by atoms with Crippen LogP contribution in [0.15, 0.2) is 4.52 Å². The van der Waals surface area contributed by atoms with E-state index in [2.05, 4.69) is 39.1 Å². The maximum Gasteiger partial charge on any atom is 0.229 e. The molecule has 2 atom stereocenters. The average Bonchev–Trinajstić information content (AvgIpc) is 3.15. The van der Waals surface area contributed by atoms with Crippen LogP contribution in [0.3, 0.4) is 0 Å². The highest BCUT2D eigenvalue weighted by Gasteiger charge is 2.31. The molecule has 0 N–H and O–H groups in total. The van der Waals surface area contributed by atoms with Gasteiger partial charge in [0.2, 0.25) is 5.89 Å². The van der Waals surface area contributed by atoms with Crippen molar-refractivity contribution in [2.24, 2.45) is 5.92 Å². The van der Waals surface area contributed by atoms with Gasteiger partial charge in [-0.25, -0.2) is 0 Å². The Kier molecular flexibility index (Phi) is 5.44. The fourth-order valence-corrected chi connectivity index (χ4v) is 3.26. The van der Waals surface area contributed by atoms with Crippen LogP contribution in [-0.2, 0) is 6.54 Å². The molecule has 0 bridgehead atoms. The number of likely N-dealkylation sites (tertiary alicyclic amines) is 1. The first-order valence-corrected chi connectivity index (χ1v) is 8.71. The molecule has 7 heteroatoms. The van der Waals surface area contributed by atoms with Crippen molar-refractivity contribution in [2.75, 3.05) is 26.7 Å². The van der Waals surface area contributed by atoms with Gasteiger partial charge in [0.1, 0.15) is 0 Å². The highest BCUT2D eigenvalue weighted by molar-refractivity contribution is 5.02. The smallest absolute Gasteiger partial charge is 0.229 e. The molecule has 0 spiro atoms. The van der Waals surface area contributed by atoms with E-state index in [1.807, 2.05) is 0 Å². The zero-order chi connectivity index (χ0) is 16.9. The van der Waals surface area contributed by atoms with E-state index in [9.17, 15) is 5.26 Å². The van der Waals surface area contributed by atoms with Crippen molar-refractivity contribution in [1.82, 2.24) is 19.9 Å². The second-order valence-electron chi connectivity index (χ2n) is 6.96. The first-order valence-electron chi connectivity index (χ1n) is 8.71. The highest BCUT2D eigenvalue weighted by atomic mass is 16.5. The molecule has 2 fully saturated rings. The standard InChI is InChI=1S/C17H24N6O/c1-22(12-16-20-17(24-21-16)14-4-5-14)15-6-8-23(11-15)10-13(9-19)3-2-7-18/h13-15H,2-6,8,10-12H2,1H3/t13-,15+/m1/s1. The van der Waals surface area contributed by atoms with Gasteiger partial charge in [0.25, 0.3) is 0 Å². The number of nitrogens with zero attached hydrogens (tertiary/aromatic N) is 6. The highest BCUT2D eigenvalue weighted by Crippen LogP contribution is 2.38. The number of nitriles is 2. The van der Waals surface area contributed by atoms with Crippen LogP contribution in [0.1, 0.15) is 49.7 Å². The largest absolute Gasteiger partial charge is 0.339 e. The Bertz CT molecular complexity index is 626.